The largest absolute Gasteiger partial charge is 0.371 e. The highest BCUT2D eigenvalue weighted by Crippen LogP contribution is 2.28. The molecule has 1 N–H and O–H groups in total. The lowest BCUT2D eigenvalue weighted by Gasteiger charge is -2.18. The smallest absolute Gasteiger partial charge is 0.265 e. The zero-order valence-electron chi connectivity index (χ0n) is 11.9. The highest BCUT2D eigenvalue weighted by atomic mass is 79.9. The van der Waals surface area contributed by atoms with Crippen molar-refractivity contribution in [1.29, 1.82) is 0 Å². The van der Waals surface area contributed by atoms with Gasteiger partial charge < -0.3 is 10.2 Å². The van der Waals surface area contributed by atoms with E-state index < -0.39 is 0 Å². The summed E-state index contributed by atoms with van der Waals surface area (Å²) in [6.45, 7) is 4.20. The van der Waals surface area contributed by atoms with E-state index in [0.717, 1.165) is 33.0 Å². The Bertz CT molecular complexity index is 643. The Labute approximate surface area is 137 Å². The van der Waals surface area contributed by atoms with Gasteiger partial charge in [-0.3, -0.25) is 4.79 Å². The van der Waals surface area contributed by atoms with Gasteiger partial charge in [-0.1, -0.05) is 6.07 Å². The molecule has 3 nitrogen and oxygen atoms in total. The standard InChI is InChI=1S/C16H17BrN2OS/c1-11-9-14(21-15(11)17)16(20)18-12-5-4-6-13(10-12)19-7-2-3-8-19/h4-6,9-10H,2-3,7-8H2,1H3,(H,18,20). The number of rotatable bonds is 3. The van der Waals surface area contributed by atoms with Crippen LogP contribution in [0, 0.1) is 6.92 Å². The molecule has 1 aromatic heterocycles. The molecule has 110 valence electrons. The molecule has 5 heteroatoms. The van der Waals surface area contributed by atoms with Crippen LogP contribution in [0.5, 0.6) is 0 Å². The molecule has 1 fully saturated rings. The quantitative estimate of drug-likeness (QED) is 0.857. The SMILES string of the molecule is Cc1cc(C(=O)Nc2cccc(N3CCCC3)c2)sc1Br. The fraction of sp³-hybridized carbons (Fsp3) is 0.312. The predicted molar refractivity (Wildman–Crippen MR) is 92.6 cm³/mol. The maximum Gasteiger partial charge on any atom is 0.265 e. The van der Waals surface area contributed by atoms with E-state index in [4.69, 9.17) is 0 Å². The van der Waals surface area contributed by atoms with Crippen LogP contribution in [-0.2, 0) is 0 Å². The third-order valence-corrected chi connectivity index (χ3v) is 5.79. The molecule has 1 aliphatic heterocycles. The molecule has 0 bridgehead atoms. The Balaban J connectivity index is 1.75. The van der Waals surface area contributed by atoms with Gasteiger partial charge in [0.25, 0.3) is 5.91 Å². The summed E-state index contributed by atoms with van der Waals surface area (Å²) in [5, 5.41) is 2.99. The second-order valence-electron chi connectivity index (χ2n) is 5.27. The first kappa shape index (κ1) is 14.6. The van der Waals surface area contributed by atoms with Crippen LogP contribution >= 0.6 is 27.3 Å². The number of hydrogen-bond acceptors (Lipinski definition) is 3. The summed E-state index contributed by atoms with van der Waals surface area (Å²) in [4.78, 5) is 15.4. The summed E-state index contributed by atoms with van der Waals surface area (Å²) in [6, 6.07) is 10.0. The third-order valence-electron chi connectivity index (χ3n) is 3.66. The summed E-state index contributed by atoms with van der Waals surface area (Å²) in [6.07, 6.45) is 2.50. The van der Waals surface area contributed by atoms with E-state index in [-0.39, 0.29) is 5.91 Å². The van der Waals surface area contributed by atoms with Gasteiger partial charge in [0, 0.05) is 24.5 Å². The van der Waals surface area contributed by atoms with Crippen LogP contribution in [0.4, 0.5) is 11.4 Å². The molecule has 1 aliphatic rings. The van der Waals surface area contributed by atoms with Gasteiger partial charge >= 0.3 is 0 Å². The van der Waals surface area contributed by atoms with E-state index in [1.54, 1.807) is 0 Å². The van der Waals surface area contributed by atoms with Crippen molar-refractivity contribution >= 4 is 44.5 Å². The molecule has 0 radical (unpaired) electrons. The van der Waals surface area contributed by atoms with Crippen molar-refractivity contribution < 1.29 is 4.79 Å². The molecule has 1 aromatic carbocycles. The first-order valence-corrected chi connectivity index (χ1v) is 8.67. The van der Waals surface area contributed by atoms with Crippen molar-refractivity contribution in [2.24, 2.45) is 0 Å². The van der Waals surface area contributed by atoms with Gasteiger partial charge in [-0.05, 0) is 65.5 Å². The predicted octanol–water partition coefficient (Wildman–Crippen LogP) is 4.67. The average Bonchev–Trinajstić information content (AvgIpc) is 3.10. The van der Waals surface area contributed by atoms with Crippen LogP contribution in [0.3, 0.4) is 0 Å². The number of carbonyl (C=O) groups excluding carboxylic acids is 1. The van der Waals surface area contributed by atoms with Gasteiger partial charge in [-0.15, -0.1) is 11.3 Å². The molecule has 0 saturated carbocycles. The maximum atomic E-state index is 12.3. The van der Waals surface area contributed by atoms with Crippen molar-refractivity contribution in [1.82, 2.24) is 0 Å². The number of nitrogens with one attached hydrogen (secondary N) is 1. The number of benzene rings is 1. The van der Waals surface area contributed by atoms with Gasteiger partial charge in [0.2, 0.25) is 0 Å². The Hall–Kier alpha value is -1.33. The third kappa shape index (κ3) is 3.30. The molecule has 2 aromatic rings. The van der Waals surface area contributed by atoms with Crippen LogP contribution < -0.4 is 10.2 Å². The normalized spacial score (nSPS) is 14.5. The minimum atomic E-state index is -0.0487. The first-order valence-electron chi connectivity index (χ1n) is 7.06. The van der Waals surface area contributed by atoms with Crippen molar-refractivity contribution in [2.45, 2.75) is 19.8 Å². The zero-order chi connectivity index (χ0) is 14.8. The fourth-order valence-corrected chi connectivity index (χ4v) is 3.95. The van der Waals surface area contributed by atoms with Crippen molar-refractivity contribution in [3.8, 4) is 0 Å². The van der Waals surface area contributed by atoms with E-state index >= 15 is 0 Å². The summed E-state index contributed by atoms with van der Waals surface area (Å²) >= 11 is 4.92. The van der Waals surface area contributed by atoms with Crippen molar-refractivity contribution in [2.75, 3.05) is 23.3 Å². The molecule has 2 heterocycles. The monoisotopic (exact) mass is 364 g/mol. The lowest BCUT2D eigenvalue weighted by atomic mass is 10.2. The highest BCUT2D eigenvalue weighted by Gasteiger charge is 2.14. The number of anilines is 2. The summed E-state index contributed by atoms with van der Waals surface area (Å²) in [5.41, 5.74) is 3.14. The number of hydrogen-bond donors (Lipinski definition) is 1. The number of amides is 1. The van der Waals surface area contributed by atoms with Gasteiger partial charge in [-0.25, -0.2) is 0 Å². The van der Waals surface area contributed by atoms with Gasteiger partial charge in [-0.2, -0.15) is 0 Å². The Morgan fingerprint density at radius 2 is 2.05 bits per heavy atom. The molecular weight excluding hydrogens is 348 g/mol. The van der Waals surface area contributed by atoms with Crippen LogP contribution in [0.25, 0.3) is 0 Å². The van der Waals surface area contributed by atoms with Crippen LogP contribution in [0.15, 0.2) is 34.1 Å². The number of halogens is 1. The van der Waals surface area contributed by atoms with Crippen molar-refractivity contribution in [3.63, 3.8) is 0 Å². The van der Waals surface area contributed by atoms with Crippen LogP contribution in [0.1, 0.15) is 28.1 Å². The summed E-state index contributed by atoms with van der Waals surface area (Å²) in [5.74, 6) is -0.0487. The number of thiophene rings is 1. The lowest BCUT2D eigenvalue weighted by molar-refractivity contribution is 0.103. The molecule has 1 saturated heterocycles. The summed E-state index contributed by atoms with van der Waals surface area (Å²) < 4.78 is 1.01. The molecule has 0 spiro atoms. The van der Waals surface area contributed by atoms with Crippen molar-refractivity contribution in [3.05, 3.63) is 44.6 Å². The molecule has 21 heavy (non-hydrogen) atoms. The van der Waals surface area contributed by atoms with E-state index in [2.05, 4.69) is 38.3 Å². The number of aryl methyl sites for hydroxylation is 1. The molecule has 1 amide bonds. The average molecular weight is 365 g/mol. The first-order chi connectivity index (χ1) is 10.1. The van der Waals surface area contributed by atoms with E-state index in [1.807, 2.05) is 25.1 Å². The Morgan fingerprint density at radius 1 is 1.29 bits per heavy atom. The molecule has 0 unspecified atom stereocenters. The van der Waals surface area contributed by atoms with E-state index in [0.29, 0.717) is 0 Å². The highest BCUT2D eigenvalue weighted by molar-refractivity contribution is 9.11. The van der Waals surface area contributed by atoms with Crippen LogP contribution in [0.2, 0.25) is 0 Å². The topological polar surface area (TPSA) is 32.3 Å². The second kappa shape index (κ2) is 6.20. The second-order valence-corrected chi connectivity index (χ2v) is 7.64. The number of nitrogens with zero attached hydrogens (tertiary/aromatic N) is 1. The Morgan fingerprint density at radius 3 is 2.71 bits per heavy atom. The molecule has 0 atom stereocenters. The van der Waals surface area contributed by atoms with E-state index in [1.165, 1.54) is 29.9 Å². The minimum Gasteiger partial charge on any atom is -0.371 e. The molecule has 0 aliphatic carbocycles. The lowest BCUT2D eigenvalue weighted by Crippen LogP contribution is -2.18. The molecular formula is C16H17BrN2OS. The van der Waals surface area contributed by atoms with E-state index in [9.17, 15) is 4.79 Å². The van der Waals surface area contributed by atoms with Gasteiger partial charge in [0.05, 0.1) is 8.66 Å². The van der Waals surface area contributed by atoms with Gasteiger partial charge in [0.1, 0.15) is 0 Å². The Kier molecular flexibility index (Phi) is 4.31. The fourth-order valence-electron chi connectivity index (χ4n) is 2.52. The minimum absolute atomic E-state index is 0.0487. The maximum absolute atomic E-state index is 12.3. The van der Waals surface area contributed by atoms with Gasteiger partial charge in [0.15, 0.2) is 0 Å². The van der Waals surface area contributed by atoms with Crippen LogP contribution in [-0.4, -0.2) is 19.0 Å². The summed E-state index contributed by atoms with van der Waals surface area (Å²) in [7, 11) is 0. The molecule has 3 rings (SSSR count). The number of carbonyl (C=O) groups is 1. The zero-order valence-corrected chi connectivity index (χ0v) is 14.3.